The van der Waals surface area contributed by atoms with E-state index in [1.807, 2.05) is 0 Å². The van der Waals surface area contributed by atoms with Gasteiger partial charge in [0.15, 0.2) is 5.96 Å². The average Bonchev–Trinajstić information content (AvgIpc) is 2.83. The van der Waals surface area contributed by atoms with Crippen LogP contribution in [-0.2, 0) is 4.74 Å². The molecular weight excluding hydrogens is 228 g/mol. The highest BCUT2D eigenvalue weighted by Gasteiger charge is 2.22. The molecule has 18 heavy (non-hydrogen) atoms. The van der Waals surface area contributed by atoms with Crippen LogP contribution in [0.25, 0.3) is 0 Å². The van der Waals surface area contributed by atoms with Gasteiger partial charge in [0.1, 0.15) is 0 Å². The number of hydrogen-bond acceptors (Lipinski definition) is 3. The first-order valence-corrected chi connectivity index (χ1v) is 7.07. The van der Waals surface area contributed by atoms with Crippen molar-refractivity contribution in [2.24, 2.45) is 4.99 Å². The summed E-state index contributed by atoms with van der Waals surface area (Å²) in [5.41, 5.74) is 0. The van der Waals surface area contributed by atoms with E-state index < -0.39 is 0 Å². The van der Waals surface area contributed by atoms with Gasteiger partial charge in [-0.05, 0) is 32.9 Å². The van der Waals surface area contributed by atoms with Crippen LogP contribution in [0.4, 0.5) is 0 Å². The molecule has 5 heteroatoms. The predicted molar refractivity (Wildman–Crippen MR) is 76.1 cm³/mol. The summed E-state index contributed by atoms with van der Waals surface area (Å²) in [6.45, 7) is 9.94. The Morgan fingerprint density at radius 1 is 1.39 bits per heavy atom. The monoisotopic (exact) mass is 256 g/mol. The van der Waals surface area contributed by atoms with Gasteiger partial charge in [-0.1, -0.05) is 6.92 Å². The lowest BCUT2D eigenvalue weighted by atomic mass is 10.2. The minimum atomic E-state index is 0.618. The van der Waals surface area contributed by atoms with Gasteiger partial charge >= 0.3 is 0 Å². The molecule has 1 aliphatic rings. The quantitative estimate of drug-likeness (QED) is 0.399. The van der Waals surface area contributed by atoms with Crippen LogP contribution in [-0.4, -0.2) is 63.3 Å². The number of ether oxygens (including phenoxy) is 1. The summed E-state index contributed by atoms with van der Waals surface area (Å²) in [6.07, 6.45) is 2.58. The Balaban J connectivity index is 2.38. The molecule has 0 amide bonds. The maximum absolute atomic E-state index is 5.03. The third-order valence-electron chi connectivity index (χ3n) is 3.31. The second-order valence-electron chi connectivity index (χ2n) is 4.56. The molecule has 0 aliphatic carbocycles. The minimum absolute atomic E-state index is 0.618. The molecule has 0 aromatic rings. The van der Waals surface area contributed by atoms with Crippen LogP contribution in [0.3, 0.4) is 0 Å². The van der Waals surface area contributed by atoms with E-state index in [4.69, 9.17) is 4.74 Å². The van der Waals surface area contributed by atoms with Crippen molar-refractivity contribution in [3.05, 3.63) is 0 Å². The van der Waals surface area contributed by atoms with Crippen molar-refractivity contribution in [3.8, 4) is 0 Å². The smallest absolute Gasteiger partial charge is 0.191 e. The van der Waals surface area contributed by atoms with Crippen molar-refractivity contribution in [1.29, 1.82) is 0 Å². The van der Waals surface area contributed by atoms with Crippen molar-refractivity contribution >= 4 is 5.96 Å². The highest BCUT2D eigenvalue weighted by molar-refractivity contribution is 5.79. The lowest BCUT2D eigenvalue weighted by Crippen LogP contribution is -2.40. The van der Waals surface area contributed by atoms with Crippen LogP contribution in [0.5, 0.6) is 0 Å². The first kappa shape index (κ1) is 15.2. The first-order valence-electron chi connectivity index (χ1n) is 7.07. The molecule has 0 spiro atoms. The molecule has 1 rings (SSSR count). The van der Waals surface area contributed by atoms with E-state index in [1.165, 1.54) is 19.4 Å². The fraction of sp³-hybridized carbons (Fsp3) is 0.923. The fourth-order valence-electron chi connectivity index (χ4n) is 2.33. The molecule has 106 valence electrons. The van der Waals surface area contributed by atoms with E-state index in [9.17, 15) is 0 Å². The number of guanidine groups is 1. The van der Waals surface area contributed by atoms with E-state index in [-0.39, 0.29) is 0 Å². The maximum Gasteiger partial charge on any atom is 0.191 e. The van der Waals surface area contributed by atoms with Crippen molar-refractivity contribution < 1.29 is 4.74 Å². The zero-order chi connectivity index (χ0) is 13.2. The Kier molecular flexibility index (Phi) is 7.76. The predicted octanol–water partition coefficient (Wildman–Crippen LogP) is 0.672. The zero-order valence-electron chi connectivity index (χ0n) is 12.0. The van der Waals surface area contributed by atoms with Crippen LogP contribution in [0.15, 0.2) is 4.99 Å². The third-order valence-corrected chi connectivity index (χ3v) is 3.31. The SMILES string of the molecule is CCNC(=NCC1CCCN1CC)NCCOC. The van der Waals surface area contributed by atoms with Crippen LogP contribution in [0.2, 0.25) is 0 Å². The van der Waals surface area contributed by atoms with E-state index in [1.54, 1.807) is 7.11 Å². The van der Waals surface area contributed by atoms with Crippen LogP contribution >= 0.6 is 0 Å². The fourth-order valence-corrected chi connectivity index (χ4v) is 2.33. The number of aliphatic imine (C=N–C) groups is 1. The largest absolute Gasteiger partial charge is 0.383 e. The highest BCUT2D eigenvalue weighted by atomic mass is 16.5. The molecule has 5 nitrogen and oxygen atoms in total. The summed E-state index contributed by atoms with van der Waals surface area (Å²) < 4.78 is 5.03. The van der Waals surface area contributed by atoms with Crippen molar-refractivity contribution in [2.75, 3.05) is 46.4 Å². The second-order valence-corrected chi connectivity index (χ2v) is 4.56. The van der Waals surface area contributed by atoms with Gasteiger partial charge in [-0.3, -0.25) is 9.89 Å². The lowest BCUT2D eigenvalue weighted by molar-refractivity contribution is 0.203. The summed E-state index contributed by atoms with van der Waals surface area (Å²) in [5, 5.41) is 6.54. The van der Waals surface area contributed by atoms with Crippen LogP contribution in [0, 0.1) is 0 Å². The molecule has 2 N–H and O–H groups in total. The van der Waals surface area contributed by atoms with Gasteiger partial charge in [0.05, 0.1) is 13.2 Å². The topological polar surface area (TPSA) is 48.9 Å². The number of methoxy groups -OCH3 is 1. The number of nitrogens with one attached hydrogen (secondary N) is 2. The summed E-state index contributed by atoms with van der Waals surface area (Å²) in [5.74, 6) is 0.900. The molecule has 0 aromatic carbocycles. The molecule has 1 fully saturated rings. The molecule has 0 aromatic heterocycles. The van der Waals surface area contributed by atoms with E-state index in [2.05, 4.69) is 34.4 Å². The second kappa shape index (κ2) is 9.16. The Labute approximate surface area is 111 Å². The number of hydrogen-bond donors (Lipinski definition) is 2. The van der Waals surface area contributed by atoms with Gasteiger partial charge in [0, 0.05) is 26.2 Å². The normalized spacial score (nSPS) is 21.3. The van der Waals surface area contributed by atoms with Gasteiger partial charge in [-0.2, -0.15) is 0 Å². The Morgan fingerprint density at radius 2 is 2.22 bits per heavy atom. The van der Waals surface area contributed by atoms with E-state index >= 15 is 0 Å². The standard InChI is InChI=1S/C13H28N4O/c1-4-14-13(15-8-10-18-3)16-11-12-7-6-9-17(12)5-2/h12H,4-11H2,1-3H3,(H2,14,15,16). The molecule has 1 atom stereocenters. The summed E-state index contributed by atoms with van der Waals surface area (Å²) in [6, 6.07) is 0.618. The maximum atomic E-state index is 5.03. The number of nitrogens with zero attached hydrogens (tertiary/aromatic N) is 2. The van der Waals surface area contributed by atoms with E-state index in [0.29, 0.717) is 12.6 Å². The molecule has 0 bridgehead atoms. The first-order chi connectivity index (χ1) is 8.81. The zero-order valence-corrected chi connectivity index (χ0v) is 12.0. The van der Waals surface area contributed by atoms with Crippen LogP contribution in [0.1, 0.15) is 26.7 Å². The van der Waals surface area contributed by atoms with Crippen LogP contribution < -0.4 is 10.6 Å². The number of rotatable bonds is 7. The van der Waals surface area contributed by atoms with Gasteiger partial charge in [0.25, 0.3) is 0 Å². The molecule has 1 unspecified atom stereocenters. The summed E-state index contributed by atoms with van der Waals surface area (Å²) in [7, 11) is 1.71. The molecule has 1 saturated heterocycles. The number of likely N-dealkylation sites (tertiary alicyclic amines) is 1. The number of likely N-dealkylation sites (N-methyl/N-ethyl adjacent to an activating group) is 1. The third kappa shape index (κ3) is 5.23. The molecule has 0 radical (unpaired) electrons. The van der Waals surface area contributed by atoms with Crippen molar-refractivity contribution in [1.82, 2.24) is 15.5 Å². The van der Waals surface area contributed by atoms with Crippen molar-refractivity contribution in [3.63, 3.8) is 0 Å². The van der Waals surface area contributed by atoms with E-state index in [0.717, 1.165) is 32.1 Å². The molecule has 1 heterocycles. The Morgan fingerprint density at radius 3 is 2.89 bits per heavy atom. The Hall–Kier alpha value is -0.810. The summed E-state index contributed by atoms with van der Waals surface area (Å²) >= 11 is 0. The average molecular weight is 256 g/mol. The minimum Gasteiger partial charge on any atom is -0.383 e. The van der Waals surface area contributed by atoms with Crippen molar-refractivity contribution in [2.45, 2.75) is 32.7 Å². The highest BCUT2D eigenvalue weighted by Crippen LogP contribution is 2.16. The summed E-state index contributed by atoms with van der Waals surface area (Å²) in [4.78, 5) is 7.18. The molecule has 0 saturated carbocycles. The van der Waals surface area contributed by atoms with Gasteiger partial charge in [-0.15, -0.1) is 0 Å². The van der Waals surface area contributed by atoms with Gasteiger partial charge in [-0.25, -0.2) is 0 Å². The molecule has 1 aliphatic heterocycles. The van der Waals surface area contributed by atoms with Gasteiger partial charge < -0.3 is 15.4 Å². The van der Waals surface area contributed by atoms with Gasteiger partial charge in [0.2, 0.25) is 0 Å². The Bertz CT molecular complexity index is 245. The lowest BCUT2D eigenvalue weighted by Gasteiger charge is -2.21. The molecular formula is C13H28N4O.